The third kappa shape index (κ3) is 1.56. The van der Waals surface area contributed by atoms with Crippen LogP contribution in [0, 0.1) is 17.8 Å². The quantitative estimate of drug-likeness (QED) is 0.573. The summed E-state index contributed by atoms with van der Waals surface area (Å²) in [4.78, 5) is 0. The first-order chi connectivity index (χ1) is 5.93. The first-order valence-corrected chi connectivity index (χ1v) is 5.07. The molecule has 68 valence electrons. The van der Waals surface area contributed by atoms with Crippen molar-refractivity contribution in [2.75, 3.05) is 13.7 Å². The fourth-order valence-corrected chi connectivity index (χ4v) is 2.63. The summed E-state index contributed by atoms with van der Waals surface area (Å²) in [5.41, 5.74) is 0. The van der Waals surface area contributed by atoms with Crippen LogP contribution in [-0.4, -0.2) is 13.7 Å². The molecule has 0 aliphatic heterocycles. The first-order valence-electron chi connectivity index (χ1n) is 5.07. The molecule has 1 nitrogen and oxygen atoms in total. The molecule has 0 aromatic heterocycles. The molecule has 0 saturated heterocycles. The fourth-order valence-electron chi connectivity index (χ4n) is 2.63. The van der Waals surface area contributed by atoms with Gasteiger partial charge < -0.3 is 4.74 Å². The molecule has 3 atom stereocenters. The lowest BCUT2D eigenvalue weighted by Crippen LogP contribution is -1.93. The number of rotatable bonds is 2. The van der Waals surface area contributed by atoms with Crippen LogP contribution in [0.3, 0.4) is 0 Å². The average Bonchev–Trinajstić information content (AvgIpc) is 2.61. The highest BCUT2D eigenvalue weighted by molar-refractivity contribution is 5.01. The Labute approximate surface area is 74.8 Å². The van der Waals surface area contributed by atoms with E-state index in [1.165, 1.54) is 25.7 Å². The van der Waals surface area contributed by atoms with Crippen molar-refractivity contribution in [3.63, 3.8) is 0 Å². The average molecular weight is 166 g/mol. The molecule has 0 radical (unpaired) electrons. The normalized spacial score (nSPS) is 42.6. The monoisotopic (exact) mass is 166 g/mol. The van der Waals surface area contributed by atoms with Crippen molar-refractivity contribution < 1.29 is 4.74 Å². The molecule has 2 rings (SSSR count). The third-order valence-corrected chi connectivity index (χ3v) is 3.37. The van der Waals surface area contributed by atoms with Crippen LogP contribution in [0.2, 0.25) is 0 Å². The Hall–Kier alpha value is -0.300. The van der Waals surface area contributed by atoms with E-state index in [0.717, 1.165) is 24.4 Å². The van der Waals surface area contributed by atoms with Crippen molar-refractivity contribution in [3.8, 4) is 0 Å². The van der Waals surface area contributed by atoms with Gasteiger partial charge in [0, 0.05) is 13.7 Å². The van der Waals surface area contributed by atoms with E-state index in [4.69, 9.17) is 4.74 Å². The summed E-state index contributed by atoms with van der Waals surface area (Å²) in [7, 11) is 1.82. The zero-order valence-electron chi connectivity index (χ0n) is 7.83. The van der Waals surface area contributed by atoms with Gasteiger partial charge in [0.15, 0.2) is 0 Å². The Morgan fingerprint density at radius 3 is 2.25 bits per heavy atom. The molecular weight excluding hydrogens is 148 g/mol. The molecule has 1 fully saturated rings. The molecule has 0 spiro atoms. The molecule has 0 amide bonds. The lowest BCUT2D eigenvalue weighted by molar-refractivity contribution is 0.176. The van der Waals surface area contributed by atoms with Crippen molar-refractivity contribution in [1.29, 1.82) is 0 Å². The van der Waals surface area contributed by atoms with Gasteiger partial charge in [-0.05, 0) is 43.4 Å². The SMILES string of the molecule is COCC1[C@H]2CC/C=C/CC[C@@H]12. The van der Waals surface area contributed by atoms with Gasteiger partial charge in [-0.2, -0.15) is 0 Å². The lowest BCUT2D eigenvalue weighted by Gasteiger charge is -1.99. The van der Waals surface area contributed by atoms with E-state index < -0.39 is 0 Å². The van der Waals surface area contributed by atoms with Gasteiger partial charge in [-0.25, -0.2) is 0 Å². The van der Waals surface area contributed by atoms with E-state index in [1.807, 2.05) is 7.11 Å². The van der Waals surface area contributed by atoms with Crippen LogP contribution in [0.15, 0.2) is 12.2 Å². The van der Waals surface area contributed by atoms with Crippen LogP contribution in [0.5, 0.6) is 0 Å². The standard InChI is InChI=1S/C11H18O/c1-12-8-11-9-6-4-2-3-5-7-10(9)11/h2-3,9-11H,4-8H2,1H3/b3-2+/t9-,10+,11?. The van der Waals surface area contributed by atoms with E-state index in [1.54, 1.807) is 0 Å². The summed E-state index contributed by atoms with van der Waals surface area (Å²) in [5.74, 6) is 2.89. The predicted molar refractivity (Wildman–Crippen MR) is 50.0 cm³/mol. The van der Waals surface area contributed by atoms with Crippen molar-refractivity contribution in [2.24, 2.45) is 17.8 Å². The molecule has 0 aromatic carbocycles. The maximum Gasteiger partial charge on any atom is 0.0496 e. The summed E-state index contributed by atoms with van der Waals surface area (Å²) in [6.45, 7) is 0.995. The van der Waals surface area contributed by atoms with Crippen LogP contribution >= 0.6 is 0 Å². The number of methoxy groups -OCH3 is 1. The summed E-state index contributed by atoms with van der Waals surface area (Å²) < 4.78 is 5.22. The summed E-state index contributed by atoms with van der Waals surface area (Å²) in [6.07, 6.45) is 10.1. The molecule has 2 aliphatic rings. The summed E-state index contributed by atoms with van der Waals surface area (Å²) >= 11 is 0. The molecular formula is C11H18O. The smallest absolute Gasteiger partial charge is 0.0496 e. The number of fused-ring (bicyclic) bond motifs is 1. The maximum absolute atomic E-state index is 5.22. The number of hydrogen-bond donors (Lipinski definition) is 0. The van der Waals surface area contributed by atoms with Crippen LogP contribution in [0.4, 0.5) is 0 Å². The predicted octanol–water partition coefficient (Wildman–Crippen LogP) is 2.63. The second kappa shape index (κ2) is 3.61. The zero-order valence-corrected chi connectivity index (χ0v) is 7.83. The van der Waals surface area contributed by atoms with Gasteiger partial charge in [-0.3, -0.25) is 0 Å². The number of hydrogen-bond acceptors (Lipinski definition) is 1. The van der Waals surface area contributed by atoms with Gasteiger partial charge in [0.2, 0.25) is 0 Å². The minimum atomic E-state index is 0.898. The van der Waals surface area contributed by atoms with Gasteiger partial charge in [-0.1, -0.05) is 12.2 Å². The molecule has 1 unspecified atom stereocenters. The fraction of sp³-hybridized carbons (Fsp3) is 0.818. The second-order valence-corrected chi connectivity index (χ2v) is 4.07. The van der Waals surface area contributed by atoms with E-state index in [0.29, 0.717) is 0 Å². The Morgan fingerprint density at radius 1 is 1.17 bits per heavy atom. The molecule has 1 saturated carbocycles. The molecule has 2 aliphatic carbocycles. The van der Waals surface area contributed by atoms with Crippen LogP contribution in [0.1, 0.15) is 25.7 Å². The van der Waals surface area contributed by atoms with Crippen molar-refractivity contribution in [2.45, 2.75) is 25.7 Å². The van der Waals surface area contributed by atoms with Gasteiger partial charge >= 0.3 is 0 Å². The second-order valence-electron chi connectivity index (χ2n) is 4.07. The molecule has 12 heavy (non-hydrogen) atoms. The van der Waals surface area contributed by atoms with E-state index >= 15 is 0 Å². The minimum absolute atomic E-state index is 0.898. The Morgan fingerprint density at radius 2 is 1.75 bits per heavy atom. The molecule has 0 N–H and O–H groups in total. The highest BCUT2D eigenvalue weighted by Gasteiger charge is 2.48. The van der Waals surface area contributed by atoms with Crippen LogP contribution in [0.25, 0.3) is 0 Å². The van der Waals surface area contributed by atoms with Gasteiger partial charge in [0.25, 0.3) is 0 Å². The largest absolute Gasteiger partial charge is 0.384 e. The van der Waals surface area contributed by atoms with Crippen molar-refractivity contribution >= 4 is 0 Å². The van der Waals surface area contributed by atoms with Gasteiger partial charge in [0.05, 0.1) is 0 Å². The first kappa shape index (κ1) is 8.31. The number of allylic oxidation sites excluding steroid dienone is 2. The lowest BCUT2D eigenvalue weighted by atomic mass is 10.1. The van der Waals surface area contributed by atoms with E-state index in [-0.39, 0.29) is 0 Å². The van der Waals surface area contributed by atoms with Gasteiger partial charge in [0.1, 0.15) is 0 Å². The minimum Gasteiger partial charge on any atom is -0.384 e. The Bertz CT molecular complexity index is 158. The van der Waals surface area contributed by atoms with Crippen molar-refractivity contribution in [1.82, 2.24) is 0 Å². The number of ether oxygens (including phenoxy) is 1. The molecule has 0 bridgehead atoms. The van der Waals surface area contributed by atoms with Crippen molar-refractivity contribution in [3.05, 3.63) is 12.2 Å². The summed E-state index contributed by atoms with van der Waals surface area (Å²) in [5, 5.41) is 0. The topological polar surface area (TPSA) is 9.23 Å². The maximum atomic E-state index is 5.22. The Kier molecular flexibility index (Phi) is 2.50. The molecule has 0 heterocycles. The van der Waals surface area contributed by atoms with Crippen LogP contribution < -0.4 is 0 Å². The summed E-state index contributed by atoms with van der Waals surface area (Å²) in [6, 6.07) is 0. The van der Waals surface area contributed by atoms with E-state index in [9.17, 15) is 0 Å². The third-order valence-electron chi connectivity index (χ3n) is 3.37. The van der Waals surface area contributed by atoms with Gasteiger partial charge in [-0.15, -0.1) is 0 Å². The molecule has 1 heteroatoms. The Balaban J connectivity index is 1.85. The zero-order chi connectivity index (χ0) is 8.39. The molecule has 0 aromatic rings. The van der Waals surface area contributed by atoms with Crippen LogP contribution in [-0.2, 0) is 4.74 Å². The highest BCUT2D eigenvalue weighted by Crippen LogP contribution is 2.52. The van der Waals surface area contributed by atoms with E-state index in [2.05, 4.69) is 12.2 Å². The highest BCUT2D eigenvalue weighted by atomic mass is 16.5.